The van der Waals surface area contributed by atoms with E-state index in [0.717, 1.165) is 31.9 Å². The highest BCUT2D eigenvalue weighted by Gasteiger charge is 2.17. The number of amides is 1. The van der Waals surface area contributed by atoms with Gasteiger partial charge >= 0.3 is 0 Å². The maximum Gasteiger partial charge on any atom is 0.256 e. The Morgan fingerprint density at radius 1 is 1.00 bits per heavy atom. The summed E-state index contributed by atoms with van der Waals surface area (Å²) in [6.07, 6.45) is 2.95. The van der Waals surface area contributed by atoms with E-state index < -0.39 is 0 Å². The van der Waals surface area contributed by atoms with Crippen molar-refractivity contribution in [1.82, 2.24) is 20.9 Å². The standard InChI is InChI=1S/C24H24N4O/c29-24(21-7-8-22-13-25-10-9-20(22)12-21)27-23-15-28(16-26-23)14-17-5-6-18-3-1-2-4-19(18)11-17/h1-8,11-12,15,25-26H,9-10,13-14,16H2,(H,27,29). The first-order valence-electron chi connectivity index (χ1n) is 10.1. The van der Waals surface area contributed by atoms with E-state index in [1.54, 1.807) is 0 Å². The van der Waals surface area contributed by atoms with Crippen molar-refractivity contribution in [2.75, 3.05) is 13.2 Å². The molecular weight excluding hydrogens is 360 g/mol. The molecule has 146 valence electrons. The summed E-state index contributed by atoms with van der Waals surface area (Å²) >= 11 is 0. The van der Waals surface area contributed by atoms with Crippen molar-refractivity contribution in [2.24, 2.45) is 0 Å². The summed E-state index contributed by atoms with van der Waals surface area (Å²) in [5, 5.41) is 12.1. The monoisotopic (exact) mass is 384 g/mol. The van der Waals surface area contributed by atoms with Gasteiger partial charge in [-0.15, -0.1) is 0 Å². The average Bonchev–Trinajstić information content (AvgIpc) is 3.20. The lowest BCUT2D eigenvalue weighted by Crippen LogP contribution is -2.30. The minimum absolute atomic E-state index is 0.0716. The predicted molar refractivity (Wildman–Crippen MR) is 115 cm³/mol. The summed E-state index contributed by atoms with van der Waals surface area (Å²) in [5.74, 6) is 0.674. The van der Waals surface area contributed by atoms with Crippen LogP contribution in [0.15, 0.2) is 72.7 Å². The Balaban J connectivity index is 1.25. The third-order valence-corrected chi connectivity index (χ3v) is 5.59. The molecule has 0 aliphatic carbocycles. The summed E-state index contributed by atoms with van der Waals surface area (Å²) in [7, 11) is 0. The maximum atomic E-state index is 12.7. The third-order valence-electron chi connectivity index (χ3n) is 5.59. The topological polar surface area (TPSA) is 56.4 Å². The van der Waals surface area contributed by atoms with Crippen molar-refractivity contribution in [3.63, 3.8) is 0 Å². The molecule has 2 heterocycles. The minimum atomic E-state index is -0.0716. The fourth-order valence-electron chi connectivity index (χ4n) is 4.02. The van der Waals surface area contributed by atoms with Crippen molar-refractivity contribution in [3.05, 3.63) is 94.9 Å². The van der Waals surface area contributed by atoms with Gasteiger partial charge in [0.2, 0.25) is 0 Å². The average molecular weight is 384 g/mol. The Labute approximate surface area is 170 Å². The number of rotatable bonds is 4. The zero-order valence-corrected chi connectivity index (χ0v) is 16.2. The van der Waals surface area contributed by atoms with E-state index in [-0.39, 0.29) is 5.91 Å². The van der Waals surface area contributed by atoms with Gasteiger partial charge in [0.05, 0.1) is 6.67 Å². The van der Waals surface area contributed by atoms with Crippen molar-refractivity contribution < 1.29 is 4.79 Å². The Kier molecular flexibility index (Phi) is 4.66. The van der Waals surface area contributed by atoms with Crippen LogP contribution in [-0.4, -0.2) is 24.0 Å². The first-order valence-corrected chi connectivity index (χ1v) is 10.1. The molecule has 0 bridgehead atoms. The molecule has 0 spiro atoms. The van der Waals surface area contributed by atoms with Crippen molar-refractivity contribution in [2.45, 2.75) is 19.5 Å². The lowest BCUT2D eigenvalue weighted by Gasteiger charge is -2.17. The van der Waals surface area contributed by atoms with Gasteiger partial charge in [-0.05, 0) is 58.6 Å². The molecule has 3 N–H and O–H groups in total. The SMILES string of the molecule is O=C(NC1=CN(Cc2ccc3ccccc3c2)CN1)c1ccc2c(c1)CCNC2. The van der Waals surface area contributed by atoms with Crippen molar-refractivity contribution >= 4 is 16.7 Å². The molecule has 0 saturated heterocycles. The van der Waals surface area contributed by atoms with Crippen LogP contribution in [-0.2, 0) is 19.5 Å². The molecule has 0 unspecified atom stereocenters. The first-order chi connectivity index (χ1) is 14.2. The molecule has 29 heavy (non-hydrogen) atoms. The van der Waals surface area contributed by atoms with Crippen LogP contribution in [0.1, 0.15) is 27.0 Å². The van der Waals surface area contributed by atoms with E-state index >= 15 is 0 Å². The van der Waals surface area contributed by atoms with Gasteiger partial charge in [-0.1, -0.05) is 42.5 Å². The number of nitrogens with zero attached hydrogens (tertiary/aromatic N) is 1. The number of carbonyl (C=O) groups is 1. The van der Waals surface area contributed by atoms with Crippen molar-refractivity contribution in [3.8, 4) is 0 Å². The van der Waals surface area contributed by atoms with Gasteiger partial charge in [0.1, 0.15) is 5.82 Å². The lowest BCUT2D eigenvalue weighted by molar-refractivity contribution is 0.0963. The summed E-state index contributed by atoms with van der Waals surface area (Å²) in [4.78, 5) is 14.8. The van der Waals surface area contributed by atoms with Gasteiger partial charge in [0, 0.05) is 24.9 Å². The molecule has 3 aromatic rings. The van der Waals surface area contributed by atoms with Gasteiger partial charge < -0.3 is 20.9 Å². The molecule has 3 aromatic carbocycles. The third kappa shape index (κ3) is 3.82. The molecule has 1 amide bonds. The summed E-state index contributed by atoms with van der Waals surface area (Å²) < 4.78 is 0. The van der Waals surface area contributed by atoms with Crippen LogP contribution in [0.3, 0.4) is 0 Å². The molecule has 2 aliphatic heterocycles. The van der Waals surface area contributed by atoms with Gasteiger partial charge in [-0.3, -0.25) is 4.79 Å². The second-order valence-electron chi connectivity index (χ2n) is 7.67. The molecule has 0 aromatic heterocycles. The highest BCUT2D eigenvalue weighted by molar-refractivity contribution is 5.95. The highest BCUT2D eigenvalue weighted by Crippen LogP contribution is 2.19. The van der Waals surface area contributed by atoms with E-state index in [0.29, 0.717) is 12.2 Å². The van der Waals surface area contributed by atoms with Crippen molar-refractivity contribution in [1.29, 1.82) is 0 Å². The number of nitrogens with one attached hydrogen (secondary N) is 3. The van der Waals surface area contributed by atoms with E-state index in [2.05, 4.69) is 69.4 Å². The molecule has 5 heteroatoms. The fraction of sp³-hybridized carbons (Fsp3) is 0.208. The fourth-order valence-corrected chi connectivity index (χ4v) is 4.02. The van der Waals surface area contributed by atoms with E-state index in [1.165, 1.54) is 27.5 Å². The Morgan fingerprint density at radius 3 is 2.83 bits per heavy atom. The lowest BCUT2D eigenvalue weighted by atomic mass is 9.98. The molecule has 2 aliphatic rings. The minimum Gasteiger partial charge on any atom is -0.353 e. The zero-order chi connectivity index (χ0) is 19.6. The van der Waals surface area contributed by atoms with Gasteiger partial charge in [0.15, 0.2) is 0 Å². The van der Waals surface area contributed by atoms with Crippen LogP contribution in [0.25, 0.3) is 10.8 Å². The van der Waals surface area contributed by atoms with E-state index in [4.69, 9.17) is 0 Å². The summed E-state index contributed by atoms with van der Waals surface area (Å²) in [6, 6.07) is 20.9. The van der Waals surface area contributed by atoms with Crippen LogP contribution >= 0.6 is 0 Å². The molecule has 0 fully saturated rings. The molecule has 5 rings (SSSR count). The number of hydrogen-bond acceptors (Lipinski definition) is 4. The highest BCUT2D eigenvalue weighted by atomic mass is 16.1. The number of fused-ring (bicyclic) bond motifs is 2. The maximum absolute atomic E-state index is 12.7. The zero-order valence-electron chi connectivity index (χ0n) is 16.2. The quantitative estimate of drug-likeness (QED) is 0.647. The van der Waals surface area contributed by atoms with E-state index in [9.17, 15) is 4.79 Å². The van der Waals surface area contributed by atoms with E-state index in [1.807, 2.05) is 18.3 Å². The van der Waals surface area contributed by atoms with Crippen LogP contribution in [0.4, 0.5) is 0 Å². The number of carbonyl (C=O) groups excluding carboxylic acids is 1. The van der Waals surface area contributed by atoms with Gasteiger partial charge in [-0.25, -0.2) is 0 Å². The second kappa shape index (κ2) is 7.60. The smallest absolute Gasteiger partial charge is 0.256 e. The number of benzene rings is 3. The largest absolute Gasteiger partial charge is 0.353 e. The number of hydrogen-bond donors (Lipinski definition) is 3. The van der Waals surface area contributed by atoms with Crippen LogP contribution < -0.4 is 16.0 Å². The van der Waals surface area contributed by atoms with Gasteiger partial charge in [-0.2, -0.15) is 0 Å². The predicted octanol–water partition coefficient (Wildman–Crippen LogP) is 3.08. The molecule has 0 radical (unpaired) electrons. The molecular formula is C24H24N4O. The molecule has 0 saturated carbocycles. The van der Waals surface area contributed by atoms with Crippen LogP contribution in [0.5, 0.6) is 0 Å². The Bertz CT molecular complexity index is 1100. The molecule has 5 nitrogen and oxygen atoms in total. The van der Waals surface area contributed by atoms with Crippen LogP contribution in [0.2, 0.25) is 0 Å². The first kappa shape index (κ1) is 17.8. The molecule has 0 atom stereocenters. The van der Waals surface area contributed by atoms with Crippen LogP contribution in [0, 0.1) is 0 Å². The normalized spacial score (nSPS) is 15.6. The van der Waals surface area contributed by atoms with Gasteiger partial charge in [0.25, 0.3) is 5.91 Å². The second-order valence-corrected chi connectivity index (χ2v) is 7.67. The summed E-state index contributed by atoms with van der Waals surface area (Å²) in [6.45, 7) is 3.32. The summed E-state index contributed by atoms with van der Waals surface area (Å²) in [5.41, 5.74) is 4.51. The Hall–Kier alpha value is -3.31. The Morgan fingerprint density at radius 2 is 1.90 bits per heavy atom.